The second kappa shape index (κ2) is 7.40. The van der Waals surface area contributed by atoms with Crippen molar-refractivity contribution in [2.24, 2.45) is 5.73 Å². The molecular formula is C14H25N3O3S. The number of unbranched alkanes of at least 4 members (excludes halogenated alkanes) is 1. The molecule has 21 heavy (non-hydrogen) atoms. The number of rotatable bonds is 10. The van der Waals surface area contributed by atoms with Crippen molar-refractivity contribution in [3.63, 3.8) is 0 Å². The van der Waals surface area contributed by atoms with Gasteiger partial charge in [0.15, 0.2) is 0 Å². The zero-order valence-electron chi connectivity index (χ0n) is 12.5. The Kier molecular flexibility index (Phi) is 5.80. The van der Waals surface area contributed by atoms with Gasteiger partial charge in [0.25, 0.3) is 0 Å². The molecule has 0 radical (unpaired) electrons. The number of nitrogens with zero attached hydrogens (tertiary/aromatic N) is 1. The Morgan fingerprint density at radius 2 is 2.19 bits per heavy atom. The molecule has 1 heterocycles. The van der Waals surface area contributed by atoms with E-state index in [4.69, 9.17) is 10.5 Å². The number of nitrogens with two attached hydrogens (primary N) is 1. The van der Waals surface area contributed by atoms with Gasteiger partial charge in [-0.15, -0.1) is 0 Å². The van der Waals surface area contributed by atoms with E-state index >= 15 is 0 Å². The molecule has 0 unspecified atom stereocenters. The van der Waals surface area contributed by atoms with Crippen LogP contribution in [0.4, 0.5) is 0 Å². The van der Waals surface area contributed by atoms with E-state index in [1.165, 1.54) is 0 Å². The second-order valence-electron chi connectivity index (χ2n) is 5.37. The molecule has 0 spiro atoms. The Hall–Kier alpha value is -0.890. The molecule has 3 N–H and O–H groups in total. The van der Waals surface area contributed by atoms with E-state index in [-0.39, 0.29) is 0 Å². The normalized spacial score (nSPS) is 15.5. The predicted octanol–water partition coefficient (Wildman–Crippen LogP) is 1.38. The molecule has 1 aliphatic carbocycles. The maximum absolute atomic E-state index is 12.2. The molecule has 0 saturated heterocycles. The molecule has 1 fully saturated rings. The fourth-order valence-electron chi connectivity index (χ4n) is 2.18. The summed E-state index contributed by atoms with van der Waals surface area (Å²) in [5.74, 6) is 0. The van der Waals surface area contributed by atoms with Crippen molar-refractivity contribution in [2.75, 3.05) is 19.8 Å². The zero-order chi connectivity index (χ0) is 15.3. The SMILES string of the molecule is CCCCOCCNS(=O)(=O)c1cc(CN)n(C2CC2)c1. The van der Waals surface area contributed by atoms with Gasteiger partial charge >= 0.3 is 0 Å². The van der Waals surface area contributed by atoms with Crippen LogP contribution in [0.1, 0.15) is 44.3 Å². The summed E-state index contributed by atoms with van der Waals surface area (Å²) >= 11 is 0. The van der Waals surface area contributed by atoms with Crippen LogP contribution in [0, 0.1) is 0 Å². The minimum atomic E-state index is -3.48. The van der Waals surface area contributed by atoms with Crippen LogP contribution in [0.2, 0.25) is 0 Å². The molecule has 0 amide bonds. The van der Waals surface area contributed by atoms with Crippen molar-refractivity contribution in [1.82, 2.24) is 9.29 Å². The van der Waals surface area contributed by atoms with E-state index in [9.17, 15) is 8.42 Å². The highest BCUT2D eigenvalue weighted by atomic mass is 32.2. The van der Waals surface area contributed by atoms with Crippen LogP contribution in [0.5, 0.6) is 0 Å². The number of ether oxygens (including phenoxy) is 1. The highest BCUT2D eigenvalue weighted by molar-refractivity contribution is 7.89. The number of nitrogens with one attached hydrogen (secondary N) is 1. The zero-order valence-corrected chi connectivity index (χ0v) is 13.4. The van der Waals surface area contributed by atoms with Crippen molar-refractivity contribution in [2.45, 2.75) is 50.1 Å². The molecule has 0 aromatic carbocycles. The standard InChI is InChI=1S/C14H25N3O3S/c1-2-3-7-20-8-6-16-21(18,19)14-9-13(10-15)17(11-14)12-4-5-12/h9,11-12,16H,2-8,10,15H2,1H3. The summed E-state index contributed by atoms with van der Waals surface area (Å²) < 4.78 is 34.4. The largest absolute Gasteiger partial charge is 0.380 e. The summed E-state index contributed by atoms with van der Waals surface area (Å²) in [6.45, 7) is 3.80. The van der Waals surface area contributed by atoms with Gasteiger partial charge in [-0.25, -0.2) is 13.1 Å². The topological polar surface area (TPSA) is 86.3 Å². The van der Waals surface area contributed by atoms with Gasteiger partial charge in [-0.3, -0.25) is 0 Å². The van der Waals surface area contributed by atoms with Crippen LogP contribution in [-0.2, 0) is 21.3 Å². The average molecular weight is 315 g/mol. The minimum absolute atomic E-state index is 0.290. The van der Waals surface area contributed by atoms with Crippen molar-refractivity contribution in [3.05, 3.63) is 18.0 Å². The summed E-state index contributed by atoms with van der Waals surface area (Å²) in [5, 5.41) is 0. The highest BCUT2D eigenvalue weighted by Gasteiger charge is 2.27. The molecule has 2 rings (SSSR count). The Balaban J connectivity index is 1.90. The van der Waals surface area contributed by atoms with E-state index in [0.29, 0.717) is 37.2 Å². The summed E-state index contributed by atoms with van der Waals surface area (Å²) in [6.07, 6.45) is 5.96. The Bertz CT molecular complexity index is 550. The van der Waals surface area contributed by atoms with Crippen molar-refractivity contribution < 1.29 is 13.2 Å². The molecule has 1 aromatic heterocycles. The summed E-state index contributed by atoms with van der Waals surface area (Å²) in [6, 6.07) is 2.09. The van der Waals surface area contributed by atoms with E-state index in [0.717, 1.165) is 31.4 Å². The molecule has 0 bridgehead atoms. The van der Waals surface area contributed by atoms with Crippen LogP contribution in [0.15, 0.2) is 17.2 Å². The molecule has 1 aromatic rings. The maximum atomic E-state index is 12.2. The van der Waals surface area contributed by atoms with Gasteiger partial charge in [-0.2, -0.15) is 0 Å². The fourth-order valence-corrected chi connectivity index (χ4v) is 3.24. The van der Waals surface area contributed by atoms with Gasteiger partial charge in [-0.05, 0) is 25.3 Å². The van der Waals surface area contributed by atoms with E-state index in [1.54, 1.807) is 12.3 Å². The average Bonchev–Trinajstić information content (AvgIpc) is 3.21. The van der Waals surface area contributed by atoms with Gasteiger partial charge in [-0.1, -0.05) is 13.3 Å². The number of hydrogen-bond acceptors (Lipinski definition) is 4. The number of hydrogen-bond donors (Lipinski definition) is 2. The van der Waals surface area contributed by atoms with Crippen molar-refractivity contribution >= 4 is 10.0 Å². The third-order valence-electron chi connectivity index (χ3n) is 3.55. The quantitative estimate of drug-likeness (QED) is 0.639. The lowest BCUT2D eigenvalue weighted by Gasteiger charge is -2.06. The third kappa shape index (κ3) is 4.54. The molecule has 1 saturated carbocycles. The van der Waals surface area contributed by atoms with Crippen molar-refractivity contribution in [3.8, 4) is 0 Å². The lowest BCUT2D eigenvalue weighted by molar-refractivity contribution is 0.136. The van der Waals surface area contributed by atoms with Gasteiger partial charge in [0.2, 0.25) is 10.0 Å². The van der Waals surface area contributed by atoms with Gasteiger partial charge in [0, 0.05) is 37.6 Å². The van der Waals surface area contributed by atoms with E-state index < -0.39 is 10.0 Å². The lowest BCUT2D eigenvalue weighted by Crippen LogP contribution is -2.27. The van der Waals surface area contributed by atoms with Crippen LogP contribution in [0.25, 0.3) is 0 Å². The summed E-state index contributed by atoms with van der Waals surface area (Å²) in [5.41, 5.74) is 6.56. The van der Waals surface area contributed by atoms with E-state index in [2.05, 4.69) is 11.6 Å². The molecule has 0 atom stereocenters. The Labute approximate surface area is 126 Å². The molecule has 120 valence electrons. The Morgan fingerprint density at radius 3 is 2.81 bits per heavy atom. The van der Waals surface area contributed by atoms with E-state index in [1.807, 2.05) is 4.57 Å². The Morgan fingerprint density at radius 1 is 1.43 bits per heavy atom. The first-order chi connectivity index (χ1) is 10.1. The van der Waals surface area contributed by atoms with Crippen molar-refractivity contribution in [1.29, 1.82) is 0 Å². The lowest BCUT2D eigenvalue weighted by atomic mass is 10.4. The molecule has 1 aliphatic rings. The van der Waals surface area contributed by atoms with Gasteiger partial charge in [0.05, 0.1) is 11.5 Å². The first-order valence-electron chi connectivity index (χ1n) is 7.56. The molecule has 0 aliphatic heterocycles. The number of aromatic nitrogens is 1. The van der Waals surface area contributed by atoms with Crippen LogP contribution in [-0.4, -0.2) is 32.7 Å². The first kappa shape index (κ1) is 16.5. The first-order valence-corrected chi connectivity index (χ1v) is 9.05. The van der Waals surface area contributed by atoms with Gasteiger partial charge in [0.1, 0.15) is 0 Å². The predicted molar refractivity (Wildman–Crippen MR) is 81.5 cm³/mol. The third-order valence-corrected chi connectivity index (χ3v) is 4.98. The smallest absolute Gasteiger partial charge is 0.242 e. The molecule has 6 nitrogen and oxygen atoms in total. The summed E-state index contributed by atoms with van der Waals surface area (Å²) in [7, 11) is -3.48. The van der Waals surface area contributed by atoms with Gasteiger partial charge < -0.3 is 15.0 Å². The monoisotopic (exact) mass is 315 g/mol. The highest BCUT2D eigenvalue weighted by Crippen LogP contribution is 2.37. The molecule has 7 heteroatoms. The fraction of sp³-hybridized carbons (Fsp3) is 0.714. The second-order valence-corrected chi connectivity index (χ2v) is 7.14. The van der Waals surface area contributed by atoms with Crippen LogP contribution in [0.3, 0.4) is 0 Å². The van der Waals surface area contributed by atoms with Crippen LogP contribution >= 0.6 is 0 Å². The number of sulfonamides is 1. The van der Waals surface area contributed by atoms with Crippen LogP contribution < -0.4 is 10.5 Å². The minimum Gasteiger partial charge on any atom is -0.380 e. The molecular weight excluding hydrogens is 290 g/mol. The summed E-state index contributed by atoms with van der Waals surface area (Å²) in [4.78, 5) is 0.295. The maximum Gasteiger partial charge on any atom is 0.242 e.